The molecule has 1 fully saturated rings. The molecule has 55 heavy (non-hydrogen) atoms. The van der Waals surface area contributed by atoms with E-state index in [4.69, 9.17) is 31.0 Å². The van der Waals surface area contributed by atoms with Gasteiger partial charge in [-0.3, -0.25) is 14.7 Å². The number of aliphatic carboxylic acids is 1. The number of benzene rings is 3. The molecule has 0 spiro atoms. The SMILES string of the molecule is Cc1c(COc2cc(OCc3cncc(C#N)c3)c(CC[C@@](C)(CO)C(=O)O)cc2Cl)cccc1-c1cccc(-c2ncc(CN3CC[C@@H](O)C3)cn2)c1C. The summed E-state index contributed by atoms with van der Waals surface area (Å²) in [4.78, 5) is 27.6. The number of hydrogen-bond acceptors (Lipinski definition) is 10. The van der Waals surface area contributed by atoms with Crippen LogP contribution in [-0.2, 0) is 31.0 Å². The van der Waals surface area contributed by atoms with Crippen molar-refractivity contribution in [1.29, 1.82) is 5.26 Å². The minimum atomic E-state index is -1.35. The molecule has 0 bridgehead atoms. The van der Waals surface area contributed by atoms with Crippen molar-refractivity contribution in [3.8, 4) is 40.1 Å². The zero-order chi connectivity index (χ0) is 39.1. The molecule has 284 valence electrons. The number of halogens is 1. The molecule has 5 aromatic rings. The van der Waals surface area contributed by atoms with E-state index in [0.29, 0.717) is 52.1 Å². The van der Waals surface area contributed by atoms with Crippen molar-refractivity contribution in [2.24, 2.45) is 5.41 Å². The first-order chi connectivity index (χ1) is 26.5. The Morgan fingerprint density at radius 1 is 0.945 bits per heavy atom. The second-order valence-electron chi connectivity index (χ2n) is 14.3. The van der Waals surface area contributed by atoms with Gasteiger partial charge in [0.15, 0.2) is 5.82 Å². The van der Waals surface area contributed by atoms with Crippen molar-refractivity contribution >= 4 is 17.6 Å². The van der Waals surface area contributed by atoms with Gasteiger partial charge in [0.2, 0.25) is 0 Å². The lowest BCUT2D eigenvalue weighted by Crippen LogP contribution is -2.32. The molecule has 0 radical (unpaired) electrons. The van der Waals surface area contributed by atoms with Crippen LogP contribution in [0.2, 0.25) is 5.02 Å². The highest BCUT2D eigenvalue weighted by molar-refractivity contribution is 6.32. The lowest BCUT2D eigenvalue weighted by atomic mass is 9.85. The summed E-state index contributed by atoms with van der Waals surface area (Å²) < 4.78 is 12.5. The molecule has 12 heteroatoms. The molecule has 1 aliphatic heterocycles. The summed E-state index contributed by atoms with van der Waals surface area (Å²) in [6.45, 7) is 7.67. The number of ether oxygens (including phenoxy) is 2. The topological polar surface area (TPSA) is 162 Å². The van der Waals surface area contributed by atoms with Crippen molar-refractivity contribution in [2.45, 2.75) is 65.9 Å². The van der Waals surface area contributed by atoms with E-state index in [1.165, 1.54) is 13.1 Å². The second kappa shape index (κ2) is 17.4. The van der Waals surface area contributed by atoms with Crippen LogP contribution in [0.1, 0.15) is 58.7 Å². The first kappa shape index (κ1) is 39.3. The first-order valence-electron chi connectivity index (χ1n) is 18.1. The van der Waals surface area contributed by atoms with E-state index in [0.717, 1.165) is 51.9 Å². The van der Waals surface area contributed by atoms with Crippen LogP contribution in [0.4, 0.5) is 0 Å². The zero-order valence-corrected chi connectivity index (χ0v) is 31.9. The zero-order valence-electron chi connectivity index (χ0n) is 31.1. The van der Waals surface area contributed by atoms with Crippen molar-refractivity contribution in [3.63, 3.8) is 0 Å². The van der Waals surface area contributed by atoms with Gasteiger partial charge < -0.3 is 24.8 Å². The van der Waals surface area contributed by atoms with Gasteiger partial charge in [0.25, 0.3) is 0 Å². The van der Waals surface area contributed by atoms with Gasteiger partial charge in [0, 0.05) is 67.2 Å². The molecule has 3 heterocycles. The number of likely N-dealkylation sites (tertiary alicyclic amines) is 1. The number of hydrogen-bond donors (Lipinski definition) is 3. The standard InChI is InChI=1S/C43H44ClN5O6/c1-27-33(6-4-7-35(27)36-8-5-9-37(28(36)2)41-47-20-31(21-48-41)22-49-13-11-34(51)23-49)25-55-40-16-39(54-24-30-14-29(17-45)18-46-19-30)32(15-38(40)44)10-12-43(3,26-50)42(52)53/h4-9,14-16,18-21,34,50-51H,10-13,22-26H2,1-3H3,(H,52,53)/t34-,43+/m1/s1. The number of β-amino-alcohol motifs (C(OH)–C–C–N with tert-alkyl or cyclic N) is 1. The molecule has 11 nitrogen and oxygen atoms in total. The Bertz CT molecular complexity index is 2210. The van der Waals surface area contributed by atoms with E-state index in [2.05, 4.69) is 41.9 Å². The number of nitriles is 1. The molecule has 0 unspecified atom stereocenters. The molecular formula is C43H44ClN5O6. The fraction of sp³-hybridized carbons (Fsp3) is 0.326. The molecule has 1 saturated heterocycles. The number of carboxylic acid groups (broad SMARTS) is 1. The van der Waals surface area contributed by atoms with Gasteiger partial charge in [-0.05, 0) is 85.5 Å². The number of carboxylic acids is 1. The van der Waals surface area contributed by atoms with E-state index in [1.807, 2.05) is 36.7 Å². The summed E-state index contributed by atoms with van der Waals surface area (Å²) in [5, 5.41) is 39.1. The van der Waals surface area contributed by atoms with E-state index in [9.17, 15) is 25.4 Å². The number of pyridine rings is 1. The van der Waals surface area contributed by atoms with Crippen LogP contribution in [0.5, 0.6) is 11.5 Å². The van der Waals surface area contributed by atoms with E-state index in [-0.39, 0.29) is 32.2 Å². The molecular weight excluding hydrogens is 718 g/mol. The number of aryl methyl sites for hydroxylation is 1. The van der Waals surface area contributed by atoms with E-state index in [1.54, 1.807) is 24.4 Å². The smallest absolute Gasteiger partial charge is 0.311 e. The van der Waals surface area contributed by atoms with Crippen molar-refractivity contribution in [2.75, 3.05) is 19.7 Å². The fourth-order valence-electron chi connectivity index (χ4n) is 6.72. The molecule has 2 aromatic heterocycles. The summed E-state index contributed by atoms with van der Waals surface area (Å²) in [6.07, 6.45) is 7.74. The van der Waals surface area contributed by atoms with Crippen molar-refractivity contribution < 1.29 is 29.6 Å². The second-order valence-corrected chi connectivity index (χ2v) is 14.8. The third kappa shape index (κ3) is 9.30. The molecule has 3 aromatic carbocycles. The summed E-state index contributed by atoms with van der Waals surface area (Å²) in [5.74, 6) is 0.378. The minimum Gasteiger partial charge on any atom is -0.488 e. The number of nitrogens with zero attached hydrogens (tertiary/aromatic N) is 5. The first-order valence-corrected chi connectivity index (χ1v) is 18.5. The number of aliphatic hydroxyl groups excluding tert-OH is 2. The minimum absolute atomic E-state index is 0.102. The Morgan fingerprint density at radius 3 is 2.35 bits per heavy atom. The van der Waals surface area contributed by atoms with Crippen LogP contribution in [0, 0.1) is 30.6 Å². The van der Waals surface area contributed by atoms with Crippen molar-refractivity contribution in [1.82, 2.24) is 19.9 Å². The summed E-state index contributed by atoms with van der Waals surface area (Å²) in [7, 11) is 0. The quantitative estimate of drug-likeness (QED) is 0.0999. The summed E-state index contributed by atoms with van der Waals surface area (Å²) >= 11 is 6.78. The molecule has 3 N–H and O–H groups in total. The van der Waals surface area contributed by atoms with Crippen LogP contribution in [-0.4, -0.2) is 66.9 Å². The fourth-order valence-corrected chi connectivity index (χ4v) is 6.96. The van der Waals surface area contributed by atoms with Crippen LogP contribution in [0.25, 0.3) is 22.5 Å². The number of rotatable bonds is 15. The summed E-state index contributed by atoms with van der Waals surface area (Å²) in [5.41, 5.74) is 7.50. The molecule has 0 saturated carbocycles. The molecule has 0 aliphatic carbocycles. The molecule has 2 atom stereocenters. The van der Waals surface area contributed by atoms with Gasteiger partial charge >= 0.3 is 5.97 Å². The number of aliphatic hydroxyl groups is 2. The average Bonchev–Trinajstić information content (AvgIpc) is 3.60. The summed E-state index contributed by atoms with van der Waals surface area (Å²) in [6, 6.07) is 19.4. The Balaban J connectivity index is 1.22. The van der Waals surface area contributed by atoms with Gasteiger partial charge in [-0.2, -0.15) is 5.26 Å². The Kier molecular flexibility index (Phi) is 12.4. The third-order valence-corrected chi connectivity index (χ3v) is 10.6. The monoisotopic (exact) mass is 761 g/mol. The maximum atomic E-state index is 11.9. The van der Waals surface area contributed by atoms with Gasteiger partial charge in [-0.1, -0.05) is 48.0 Å². The van der Waals surface area contributed by atoms with Gasteiger partial charge in [0.1, 0.15) is 30.8 Å². The lowest BCUT2D eigenvalue weighted by molar-refractivity contribution is -0.150. The van der Waals surface area contributed by atoms with Gasteiger partial charge in [-0.25, -0.2) is 9.97 Å². The maximum Gasteiger partial charge on any atom is 0.311 e. The highest BCUT2D eigenvalue weighted by Gasteiger charge is 2.32. The molecule has 0 amide bonds. The van der Waals surface area contributed by atoms with Crippen LogP contribution < -0.4 is 9.47 Å². The Hall–Kier alpha value is -5.38. The largest absolute Gasteiger partial charge is 0.488 e. The van der Waals surface area contributed by atoms with Crippen LogP contribution in [0.3, 0.4) is 0 Å². The molecule has 1 aliphatic rings. The highest BCUT2D eigenvalue weighted by Crippen LogP contribution is 2.38. The predicted molar refractivity (Wildman–Crippen MR) is 208 cm³/mol. The number of carbonyl (C=O) groups is 1. The van der Waals surface area contributed by atoms with Crippen molar-refractivity contribution in [3.05, 3.63) is 123 Å². The maximum absolute atomic E-state index is 11.9. The molecule has 6 rings (SSSR count). The normalized spacial score (nSPS) is 15.3. The highest BCUT2D eigenvalue weighted by atomic mass is 35.5. The van der Waals surface area contributed by atoms with Crippen LogP contribution in [0.15, 0.2) is 79.4 Å². The average molecular weight is 762 g/mol. The van der Waals surface area contributed by atoms with Gasteiger partial charge in [0.05, 0.1) is 28.7 Å². The van der Waals surface area contributed by atoms with E-state index >= 15 is 0 Å². The lowest BCUT2D eigenvalue weighted by Gasteiger charge is -2.23. The Labute approximate surface area is 325 Å². The van der Waals surface area contributed by atoms with E-state index < -0.39 is 18.0 Å². The Morgan fingerprint density at radius 2 is 1.65 bits per heavy atom. The van der Waals surface area contributed by atoms with Gasteiger partial charge in [-0.15, -0.1) is 0 Å². The van der Waals surface area contributed by atoms with Crippen LogP contribution >= 0.6 is 11.6 Å². The number of aromatic nitrogens is 3. The predicted octanol–water partition coefficient (Wildman–Crippen LogP) is 7.09. The third-order valence-electron chi connectivity index (χ3n) is 10.3.